The molecule has 0 spiro atoms. The van der Waals surface area contributed by atoms with Crippen molar-refractivity contribution < 1.29 is 0 Å². The molecule has 0 saturated heterocycles. The topological polar surface area (TPSA) is 83.8 Å². The largest absolute Gasteiger partial charge is 0.369 e. The van der Waals surface area contributed by atoms with Crippen LogP contribution in [0.15, 0.2) is 11.1 Å². The maximum Gasteiger partial charge on any atom is 0.266 e. The van der Waals surface area contributed by atoms with Crippen molar-refractivity contribution in [1.82, 2.24) is 9.97 Å². The van der Waals surface area contributed by atoms with Gasteiger partial charge in [-0.15, -0.1) is 0 Å². The summed E-state index contributed by atoms with van der Waals surface area (Å²) in [5, 5.41) is 3.26. The van der Waals surface area contributed by atoms with Crippen molar-refractivity contribution in [3.63, 3.8) is 0 Å². The lowest BCUT2D eigenvalue weighted by Crippen LogP contribution is -2.29. The third-order valence-electron chi connectivity index (χ3n) is 3.25. The first-order chi connectivity index (χ1) is 8.16. The number of aromatic amines is 1. The van der Waals surface area contributed by atoms with E-state index in [-0.39, 0.29) is 5.56 Å². The fourth-order valence-corrected chi connectivity index (χ4v) is 2.63. The highest BCUT2D eigenvalue weighted by atomic mass is 127. The van der Waals surface area contributed by atoms with Crippen molar-refractivity contribution in [3.8, 4) is 0 Å². The molecule has 2 rings (SSSR count). The Morgan fingerprint density at radius 3 is 2.88 bits per heavy atom. The summed E-state index contributed by atoms with van der Waals surface area (Å²) in [7, 11) is 0. The predicted molar refractivity (Wildman–Crippen MR) is 76.0 cm³/mol. The predicted octanol–water partition coefficient (Wildman–Crippen LogP) is 1.30. The van der Waals surface area contributed by atoms with Crippen molar-refractivity contribution in [3.05, 3.63) is 20.3 Å². The number of rotatable bonds is 3. The van der Waals surface area contributed by atoms with Gasteiger partial charge < -0.3 is 16.0 Å². The normalized spacial score (nSPS) is 24.6. The zero-order chi connectivity index (χ0) is 12.3. The van der Waals surface area contributed by atoms with E-state index in [9.17, 15) is 4.79 Å². The highest BCUT2D eigenvalue weighted by molar-refractivity contribution is 14.1. The molecule has 1 aromatic heterocycles. The molecule has 0 aliphatic heterocycles. The number of aromatic nitrogens is 2. The second-order valence-electron chi connectivity index (χ2n) is 4.56. The van der Waals surface area contributed by atoms with Crippen LogP contribution in [0.5, 0.6) is 0 Å². The van der Waals surface area contributed by atoms with Gasteiger partial charge in [-0.1, -0.05) is 0 Å². The molecule has 0 bridgehead atoms. The van der Waals surface area contributed by atoms with Gasteiger partial charge in [0.2, 0.25) is 0 Å². The summed E-state index contributed by atoms with van der Waals surface area (Å²) >= 11 is 2.01. The third-order valence-corrected chi connectivity index (χ3v) is 4.25. The Morgan fingerprint density at radius 2 is 2.18 bits per heavy atom. The summed E-state index contributed by atoms with van der Waals surface area (Å²) in [5.41, 5.74) is 5.78. The number of anilines is 1. The molecule has 6 heteroatoms. The minimum absolute atomic E-state index is 0.0891. The molecule has 1 heterocycles. The van der Waals surface area contributed by atoms with Gasteiger partial charge in [-0.2, -0.15) is 0 Å². The lowest BCUT2D eigenvalue weighted by molar-refractivity contribution is 0.338. The average molecular weight is 348 g/mol. The van der Waals surface area contributed by atoms with Gasteiger partial charge >= 0.3 is 0 Å². The smallest absolute Gasteiger partial charge is 0.266 e. The highest BCUT2D eigenvalue weighted by Gasteiger charge is 2.18. The minimum Gasteiger partial charge on any atom is -0.369 e. The molecular weight excluding hydrogens is 331 g/mol. The Morgan fingerprint density at radius 1 is 1.47 bits per heavy atom. The summed E-state index contributed by atoms with van der Waals surface area (Å²) in [6.07, 6.45) is 5.96. The van der Waals surface area contributed by atoms with Gasteiger partial charge in [-0.25, -0.2) is 4.98 Å². The summed E-state index contributed by atoms with van der Waals surface area (Å²) in [6, 6.07) is 0.379. The number of H-pyrrole nitrogens is 1. The van der Waals surface area contributed by atoms with Crippen molar-refractivity contribution in [2.24, 2.45) is 11.7 Å². The number of hydrogen-bond acceptors (Lipinski definition) is 4. The third kappa shape index (κ3) is 3.41. The summed E-state index contributed by atoms with van der Waals surface area (Å²) in [4.78, 5) is 18.1. The van der Waals surface area contributed by atoms with Gasteiger partial charge in [0, 0.05) is 12.6 Å². The molecule has 1 aliphatic carbocycles. The molecule has 1 saturated carbocycles. The standard InChI is InChI=1S/C11H17IN4O/c12-9-10(15-6-16-11(9)17)14-5-7-1-3-8(13)4-2-7/h6-8H,1-5,13H2,(H2,14,15,16,17). The van der Waals surface area contributed by atoms with Crippen LogP contribution in [0.2, 0.25) is 0 Å². The van der Waals surface area contributed by atoms with E-state index in [4.69, 9.17) is 5.73 Å². The van der Waals surface area contributed by atoms with E-state index in [2.05, 4.69) is 15.3 Å². The summed E-state index contributed by atoms with van der Waals surface area (Å²) in [6.45, 7) is 0.874. The van der Waals surface area contributed by atoms with E-state index in [1.807, 2.05) is 22.6 Å². The quantitative estimate of drug-likeness (QED) is 0.719. The first kappa shape index (κ1) is 12.8. The van der Waals surface area contributed by atoms with E-state index in [0.717, 1.165) is 32.2 Å². The Balaban J connectivity index is 1.90. The van der Waals surface area contributed by atoms with Gasteiger partial charge in [-0.3, -0.25) is 4.79 Å². The Labute approximate surface area is 114 Å². The van der Waals surface area contributed by atoms with E-state index >= 15 is 0 Å². The first-order valence-corrected chi connectivity index (χ1v) is 6.97. The molecule has 4 N–H and O–H groups in total. The van der Waals surface area contributed by atoms with Crippen molar-refractivity contribution in [2.45, 2.75) is 31.7 Å². The molecule has 0 atom stereocenters. The van der Waals surface area contributed by atoms with Crippen LogP contribution in [0, 0.1) is 9.49 Å². The van der Waals surface area contributed by atoms with Crippen LogP contribution in [0.4, 0.5) is 5.82 Å². The molecule has 1 aliphatic rings. The van der Waals surface area contributed by atoms with E-state index < -0.39 is 0 Å². The zero-order valence-corrected chi connectivity index (χ0v) is 11.7. The van der Waals surface area contributed by atoms with Crippen LogP contribution in [0.1, 0.15) is 25.7 Å². The second kappa shape index (κ2) is 5.81. The number of nitrogens with zero attached hydrogens (tertiary/aromatic N) is 1. The summed E-state index contributed by atoms with van der Waals surface area (Å²) in [5.74, 6) is 1.33. The Kier molecular flexibility index (Phi) is 4.38. The molecule has 0 amide bonds. The van der Waals surface area contributed by atoms with E-state index in [0.29, 0.717) is 21.3 Å². The molecule has 0 aromatic carbocycles. The Hall–Kier alpha value is -0.630. The molecule has 0 unspecified atom stereocenters. The number of nitrogens with two attached hydrogens (primary N) is 1. The van der Waals surface area contributed by atoms with Crippen LogP contribution in [-0.2, 0) is 0 Å². The van der Waals surface area contributed by atoms with Gasteiger partial charge in [0.25, 0.3) is 5.56 Å². The maximum absolute atomic E-state index is 11.4. The van der Waals surface area contributed by atoms with Gasteiger partial charge in [-0.05, 0) is 54.2 Å². The van der Waals surface area contributed by atoms with Crippen LogP contribution in [0.3, 0.4) is 0 Å². The van der Waals surface area contributed by atoms with Gasteiger partial charge in [0.1, 0.15) is 9.39 Å². The number of hydrogen-bond donors (Lipinski definition) is 3. The summed E-state index contributed by atoms with van der Waals surface area (Å²) < 4.78 is 0.623. The monoisotopic (exact) mass is 348 g/mol. The second-order valence-corrected chi connectivity index (χ2v) is 5.63. The number of nitrogens with one attached hydrogen (secondary N) is 2. The molecule has 17 heavy (non-hydrogen) atoms. The molecule has 94 valence electrons. The van der Waals surface area contributed by atoms with Crippen molar-refractivity contribution in [1.29, 1.82) is 0 Å². The molecule has 5 nitrogen and oxygen atoms in total. The van der Waals surface area contributed by atoms with Crippen LogP contribution >= 0.6 is 22.6 Å². The van der Waals surface area contributed by atoms with Crippen LogP contribution in [0.25, 0.3) is 0 Å². The van der Waals surface area contributed by atoms with Crippen LogP contribution < -0.4 is 16.6 Å². The minimum atomic E-state index is -0.0891. The fraction of sp³-hybridized carbons (Fsp3) is 0.636. The van der Waals surface area contributed by atoms with Crippen molar-refractivity contribution in [2.75, 3.05) is 11.9 Å². The Bertz CT molecular complexity index is 426. The van der Waals surface area contributed by atoms with Gasteiger partial charge in [0.15, 0.2) is 0 Å². The average Bonchev–Trinajstić information content (AvgIpc) is 2.33. The highest BCUT2D eigenvalue weighted by Crippen LogP contribution is 2.23. The van der Waals surface area contributed by atoms with Crippen molar-refractivity contribution >= 4 is 28.4 Å². The molecule has 0 radical (unpaired) electrons. The lowest BCUT2D eigenvalue weighted by atomic mass is 9.86. The van der Waals surface area contributed by atoms with E-state index in [1.165, 1.54) is 6.33 Å². The van der Waals surface area contributed by atoms with Gasteiger partial charge in [0.05, 0.1) is 6.33 Å². The first-order valence-electron chi connectivity index (χ1n) is 5.89. The van der Waals surface area contributed by atoms with E-state index in [1.54, 1.807) is 0 Å². The fourth-order valence-electron chi connectivity index (χ4n) is 2.14. The molecule has 1 aromatic rings. The molecule has 1 fully saturated rings. The maximum atomic E-state index is 11.4. The van der Waals surface area contributed by atoms with Crippen LogP contribution in [-0.4, -0.2) is 22.6 Å². The number of halogens is 1. The zero-order valence-electron chi connectivity index (χ0n) is 9.58. The lowest BCUT2D eigenvalue weighted by Gasteiger charge is -2.26. The SMILES string of the molecule is NC1CCC(CNc2nc[nH]c(=O)c2I)CC1. The molecular formula is C11H17IN4O.